The molecule has 0 aliphatic rings. The van der Waals surface area contributed by atoms with E-state index in [1.807, 2.05) is 0 Å². The zero-order chi connectivity index (χ0) is 14.7. The van der Waals surface area contributed by atoms with Crippen LogP contribution in [0.3, 0.4) is 0 Å². The maximum absolute atomic E-state index is 11.9. The van der Waals surface area contributed by atoms with Gasteiger partial charge in [-0.2, -0.15) is 5.10 Å². The van der Waals surface area contributed by atoms with Crippen LogP contribution in [0, 0.1) is 0 Å². The standard InChI is InChI=1S/C12H8ClN7O/c13-10-5-15-9(4-16-10)12(21)19-8-1-2-11(17-3-8)20-7-14-6-18-20/h1-7H,(H,19,21). The normalized spacial score (nSPS) is 10.3. The molecule has 0 spiro atoms. The Morgan fingerprint density at radius 2 is 2.05 bits per heavy atom. The Kier molecular flexibility index (Phi) is 3.52. The van der Waals surface area contributed by atoms with Crippen molar-refractivity contribution in [1.82, 2.24) is 29.7 Å². The van der Waals surface area contributed by atoms with E-state index < -0.39 is 5.91 Å². The molecule has 0 bridgehead atoms. The van der Waals surface area contributed by atoms with Crippen molar-refractivity contribution in [2.24, 2.45) is 0 Å². The van der Waals surface area contributed by atoms with E-state index in [0.29, 0.717) is 11.5 Å². The fourth-order valence-electron chi connectivity index (χ4n) is 1.55. The molecule has 1 N–H and O–H groups in total. The first-order chi connectivity index (χ1) is 10.2. The van der Waals surface area contributed by atoms with Crippen LogP contribution >= 0.6 is 11.6 Å². The lowest BCUT2D eigenvalue weighted by atomic mass is 10.3. The second-order valence-corrected chi connectivity index (χ2v) is 4.31. The van der Waals surface area contributed by atoms with E-state index in [9.17, 15) is 4.79 Å². The van der Waals surface area contributed by atoms with Crippen molar-refractivity contribution in [2.45, 2.75) is 0 Å². The highest BCUT2D eigenvalue weighted by Crippen LogP contribution is 2.10. The number of nitrogens with one attached hydrogen (secondary N) is 1. The summed E-state index contributed by atoms with van der Waals surface area (Å²) in [6.45, 7) is 0. The molecule has 9 heteroatoms. The summed E-state index contributed by atoms with van der Waals surface area (Å²) in [6, 6.07) is 3.41. The number of halogens is 1. The van der Waals surface area contributed by atoms with Gasteiger partial charge in [0.1, 0.15) is 23.5 Å². The summed E-state index contributed by atoms with van der Waals surface area (Å²) in [4.78, 5) is 27.6. The number of aromatic nitrogens is 6. The summed E-state index contributed by atoms with van der Waals surface area (Å²) in [5, 5.41) is 6.84. The Morgan fingerprint density at radius 3 is 2.67 bits per heavy atom. The number of carbonyl (C=O) groups is 1. The molecular formula is C12H8ClN7O. The van der Waals surface area contributed by atoms with Gasteiger partial charge in [0.05, 0.1) is 24.3 Å². The number of rotatable bonds is 3. The highest BCUT2D eigenvalue weighted by Gasteiger charge is 2.08. The van der Waals surface area contributed by atoms with Gasteiger partial charge in [-0.1, -0.05) is 11.6 Å². The lowest BCUT2D eigenvalue weighted by Gasteiger charge is -2.05. The average molecular weight is 302 g/mol. The van der Waals surface area contributed by atoms with Crippen LogP contribution in [0.5, 0.6) is 0 Å². The van der Waals surface area contributed by atoms with Crippen molar-refractivity contribution >= 4 is 23.2 Å². The molecule has 0 saturated heterocycles. The molecule has 21 heavy (non-hydrogen) atoms. The molecule has 8 nitrogen and oxygen atoms in total. The molecule has 0 atom stereocenters. The first-order valence-electron chi connectivity index (χ1n) is 5.82. The third kappa shape index (κ3) is 3.00. The molecule has 0 saturated carbocycles. The minimum atomic E-state index is -0.394. The van der Waals surface area contributed by atoms with Gasteiger partial charge in [-0.3, -0.25) is 4.79 Å². The zero-order valence-electron chi connectivity index (χ0n) is 10.5. The predicted octanol–water partition coefficient (Wildman–Crippen LogP) is 1.36. The molecule has 1 amide bonds. The van der Waals surface area contributed by atoms with E-state index in [4.69, 9.17) is 11.6 Å². The Morgan fingerprint density at radius 1 is 1.14 bits per heavy atom. The van der Waals surface area contributed by atoms with Gasteiger partial charge in [0.2, 0.25) is 0 Å². The molecule has 3 aromatic rings. The molecule has 0 unspecified atom stereocenters. The van der Waals surface area contributed by atoms with Crippen LogP contribution in [-0.4, -0.2) is 35.6 Å². The predicted molar refractivity (Wildman–Crippen MR) is 74.1 cm³/mol. The fraction of sp³-hybridized carbons (Fsp3) is 0. The van der Waals surface area contributed by atoms with Crippen LogP contribution < -0.4 is 5.32 Å². The molecule has 104 valence electrons. The van der Waals surface area contributed by atoms with Crippen molar-refractivity contribution in [1.29, 1.82) is 0 Å². The van der Waals surface area contributed by atoms with Crippen LogP contribution in [0.15, 0.2) is 43.4 Å². The highest BCUT2D eigenvalue weighted by atomic mass is 35.5. The van der Waals surface area contributed by atoms with Gasteiger partial charge in [-0.25, -0.2) is 24.6 Å². The number of pyridine rings is 1. The molecule has 0 radical (unpaired) electrons. The van der Waals surface area contributed by atoms with Gasteiger partial charge in [-0.15, -0.1) is 0 Å². The van der Waals surface area contributed by atoms with E-state index in [-0.39, 0.29) is 10.8 Å². The first kappa shape index (κ1) is 13.1. The molecule has 0 fully saturated rings. The van der Waals surface area contributed by atoms with E-state index in [1.54, 1.807) is 12.1 Å². The molecule has 3 rings (SSSR count). The number of nitrogens with zero attached hydrogens (tertiary/aromatic N) is 6. The van der Waals surface area contributed by atoms with E-state index in [0.717, 1.165) is 0 Å². The number of hydrogen-bond donors (Lipinski definition) is 1. The van der Waals surface area contributed by atoms with Gasteiger partial charge in [0.15, 0.2) is 5.82 Å². The smallest absolute Gasteiger partial charge is 0.275 e. The minimum Gasteiger partial charge on any atom is -0.319 e. The summed E-state index contributed by atoms with van der Waals surface area (Å²) >= 11 is 5.61. The second-order valence-electron chi connectivity index (χ2n) is 3.92. The Balaban J connectivity index is 1.73. The summed E-state index contributed by atoms with van der Waals surface area (Å²) in [6.07, 6.45) is 7.07. The van der Waals surface area contributed by atoms with E-state index >= 15 is 0 Å². The van der Waals surface area contributed by atoms with Gasteiger partial charge >= 0.3 is 0 Å². The summed E-state index contributed by atoms with van der Waals surface area (Å²) in [5.74, 6) is 0.200. The fourth-order valence-corrected chi connectivity index (χ4v) is 1.64. The van der Waals surface area contributed by atoms with Gasteiger partial charge in [-0.05, 0) is 12.1 Å². The Hall–Kier alpha value is -2.87. The Bertz CT molecular complexity index is 740. The number of anilines is 1. The largest absolute Gasteiger partial charge is 0.319 e. The van der Waals surface area contributed by atoms with Crippen molar-refractivity contribution in [3.8, 4) is 5.82 Å². The van der Waals surface area contributed by atoms with Gasteiger partial charge in [0, 0.05) is 0 Å². The summed E-state index contributed by atoms with van der Waals surface area (Å²) in [7, 11) is 0. The van der Waals surface area contributed by atoms with Gasteiger partial charge < -0.3 is 5.32 Å². The minimum absolute atomic E-state index is 0.166. The number of amides is 1. The van der Waals surface area contributed by atoms with Crippen LogP contribution in [0.4, 0.5) is 5.69 Å². The summed E-state index contributed by atoms with van der Waals surface area (Å²) < 4.78 is 1.51. The lowest BCUT2D eigenvalue weighted by Crippen LogP contribution is -2.14. The van der Waals surface area contributed by atoms with Crippen molar-refractivity contribution in [3.05, 3.63) is 54.2 Å². The molecular weight excluding hydrogens is 294 g/mol. The molecule has 3 aromatic heterocycles. The van der Waals surface area contributed by atoms with Crippen molar-refractivity contribution in [3.63, 3.8) is 0 Å². The van der Waals surface area contributed by atoms with Crippen molar-refractivity contribution < 1.29 is 4.79 Å². The maximum atomic E-state index is 11.9. The summed E-state index contributed by atoms with van der Waals surface area (Å²) in [5.41, 5.74) is 0.695. The highest BCUT2D eigenvalue weighted by molar-refractivity contribution is 6.29. The molecule has 0 aliphatic carbocycles. The Labute approximate surface area is 123 Å². The number of hydrogen-bond acceptors (Lipinski definition) is 6. The molecule has 0 aliphatic heterocycles. The van der Waals surface area contributed by atoms with E-state index in [2.05, 4.69) is 30.4 Å². The number of carbonyl (C=O) groups excluding carboxylic acids is 1. The lowest BCUT2D eigenvalue weighted by molar-refractivity contribution is 0.102. The topological polar surface area (TPSA) is 98.5 Å². The van der Waals surface area contributed by atoms with Crippen LogP contribution in [0.1, 0.15) is 10.5 Å². The van der Waals surface area contributed by atoms with Crippen LogP contribution in [0.25, 0.3) is 5.82 Å². The monoisotopic (exact) mass is 301 g/mol. The van der Waals surface area contributed by atoms with Crippen LogP contribution in [-0.2, 0) is 0 Å². The van der Waals surface area contributed by atoms with E-state index in [1.165, 1.54) is 35.9 Å². The molecule has 3 heterocycles. The van der Waals surface area contributed by atoms with Crippen LogP contribution in [0.2, 0.25) is 5.15 Å². The average Bonchev–Trinajstić information content (AvgIpc) is 3.03. The van der Waals surface area contributed by atoms with Gasteiger partial charge in [0.25, 0.3) is 5.91 Å². The first-order valence-corrected chi connectivity index (χ1v) is 6.20. The zero-order valence-corrected chi connectivity index (χ0v) is 11.3. The SMILES string of the molecule is O=C(Nc1ccc(-n2cncn2)nc1)c1cnc(Cl)cn1. The maximum Gasteiger partial charge on any atom is 0.275 e. The quantitative estimate of drug-likeness (QED) is 0.784. The third-order valence-corrected chi connectivity index (χ3v) is 2.71. The van der Waals surface area contributed by atoms with Crippen molar-refractivity contribution in [2.75, 3.05) is 5.32 Å². The third-order valence-electron chi connectivity index (χ3n) is 2.51. The second kappa shape index (κ2) is 5.63. The molecule has 0 aromatic carbocycles.